The van der Waals surface area contributed by atoms with E-state index in [1.165, 1.54) is 0 Å². The summed E-state index contributed by atoms with van der Waals surface area (Å²) >= 11 is 6.19. The minimum atomic E-state index is 0.570. The summed E-state index contributed by atoms with van der Waals surface area (Å²) in [5, 5.41) is 4.05. The van der Waals surface area contributed by atoms with Crippen molar-refractivity contribution in [3.63, 3.8) is 0 Å². The van der Waals surface area contributed by atoms with E-state index in [1.807, 2.05) is 18.2 Å². The lowest BCUT2D eigenvalue weighted by Gasteiger charge is -2.15. The van der Waals surface area contributed by atoms with Gasteiger partial charge in [0.25, 0.3) is 0 Å². The van der Waals surface area contributed by atoms with E-state index in [2.05, 4.69) is 26.1 Å². The maximum Gasteiger partial charge on any atom is 0.125 e. The molecule has 1 rings (SSSR count). The van der Waals surface area contributed by atoms with Gasteiger partial charge in [0.1, 0.15) is 5.75 Å². The minimum absolute atomic E-state index is 0.570. The lowest BCUT2D eigenvalue weighted by molar-refractivity contribution is 0.254. The number of halogens is 1. The monoisotopic (exact) mass is 255 g/mol. The molecule has 3 heteroatoms. The average molecular weight is 256 g/mol. The van der Waals surface area contributed by atoms with Crippen LogP contribution in [0.4, 0.5) is 0 Å². The van der Waals surface area contributed by atoms with Gasteiger partial charge in [-0.3, -0.25) is 0 Å². The highest BCUT2D eigenvalue weighted by atomic mass is 35.5. The average Bonchev–Trinajstić information content (AvgIpc) is 2.34. The van der Waals surface area contributed by atoms with Gasteiger partial charge < -0.3 is 10.1 Å². The first-order chi connectivity index (χ1) is 8.19. The van der Waals surface area contributed by atoms with E-state index in [9.17, 15) is 0 Å². The molecule has 1 aromatic carbocycles. The van der Waals surface area contributed by atoms with Crippen LogP contribution in [-0.4, -0.2) is 13.2 Å². The summed E-state index contributed by atoms with van der Waals surface area (Å²) < 4.78 is 5.84. The van der Waals surface area contributed by atoms with E-state index < -0.39 is 0 Å². The van der Waals surface area contributed by atoms with Crippen LogP contribution in [0.3, 0.4) is 0 Å². The van der Waals surface area contributed by atoms with Crippen LogP contribution >= 0.6 is 11.6 Å². The second-order valence-corrected chi connectivity index (χ2v) is 4.73. The standard InChI is InChI=1S/C14H22ClNO/c1-4-11(3)10-17-14-8-6-7-13(15)12(14)9-16-5-2/h6-8,11,16H,4-5,9-10H2,1-3H3. The van der Waals surface area contributed by atoms with Crippen LogP contribution < -0.4 is 10.1 Å². The van der Waals surface area contributed by atoms with Gasteiger partial charge in [0.05, 0.1) is 6.61 Å². The maximum atomic E-state index is 6.19. The second-order valence-electron chi connectivity index (χ2n) is 4.32. The molecule has 0 saturated heterocycles. The Morgan fingerprint density at radius 1 is 1.35 bits per heavy atom. The summed E-state index contributed by atoms with van der Waals surface area (Å²) in [7, 11) is 0. The van der Waals surface area contributed by atoms with Crippen molar-refractivity contribution in [2.75, 3.05) is 13.2 Å². The molecule has 0 saturated carbocycles. The molecule has 17 heavy (non-hydrogen) atoms. The first-order valence-corrected chi connectivity index (χ1v) is 6.67. The normalized spacial score (nSPS) is 12.5. The molecule has 1 atom stereocenters. The molecule has 0 heterocycles. The van der Waals surface area contributed by atoms with Gasteiger partial charge in [-0.2, -0.15) is 0 Å². The number of nitrogens with one attached hydrogen (secondary N) is 1. The number of benzene rings is 1. The van der Waals surface area contributed by atoms with Crippen LogP contribution in [0.2, 0.25) is 5.02 Å². The molecule has 0 spiro atoms. The highest BCUT2D eigenvalue weighted by Crippen LogP contribution is 2.26. The van der Waals surface area contributed by atoms with E-state index in [4.69, 9.17) is 16.3 Å². The van der Waals surface area contributed by atoms with Crippen molar-refractivity contribution in [1.29, 1.82) is 0 Å². The lowest BCUT2D eigenvalue weighted by atomic mass is 10.1. The van der Waals surface area contributed by atoms with Gasteiger partial charge in [-0.05, 0) is 24.6 Å². The highest BCUT2D eigenvalue weighted by molar-refractivity contribution is 6.31. The Morgan fingerprint density at radius 2 is 2.12 bits per heavy atom. The van der Waals surface area contributed by atoms with Gasteiger partial charge in [0.2, 0.25) is 0 Å². The van der Waals surface area contributed by atoms with Gasteiger partial charge in [-0.1, -0.05) is 44.9 Å². The van der Waals surface area contributed by atoms with Crippen molar-refractivity contribution >= 4 is 11.6 Å². The number of ether oxygens (including phenoxy) is 1. The molecule has 0 fully saturated rings. The molecule has 0 radical (unpaired) electrons. The predicted octanol–water partition coefficient (Wildman–Crippen LogP) is 3.87. The zero-order valence-corrected chi connectivity index (χ0v) is 11.7. The third-order valence-electron chi connectivity index (χ3n) is 2.85. The number of hydrogen-bond donors (Lipinski definition) is 1. The van der Waals surface area contributed by atoms with Crippen molar-refractivity contribution in [2.45, 2.75) is 33.7 Å². The van der Waals surface area contributed by atoms with E-state index in [1.54, 1.807) is 0 Å². The Labute approximate surface area is 109 Å². The zero-order valence-electron chi connectivity index (χ0n) is 10.9. The van der Waals surface area contributed by atoms with E-state index in [-0.39, 0.29) is 0 Å². The second kappa shape index (κ2) is 7.57. The van der Waals surface area contributed by atoms with Gasteiger partial charge in [-0.25, -0.2) is 0 Å². The molecule has 0 bridgehead atoms. The van der Waals surface area contributed by atoms with E-state index in [0.29, 0.717) is 5.92 Å². The zero-order chi connectivity index (χ0) is 12.7. The Morgan fingerprint density at radius 3 is 2.76 bits per heavy atom. The highest BCUT2D eigenvalue weighted by Gasteiger charge is 2.08. The molecule has 96 valence electrons. The molecule has 0 aliphatic heterocycles. The topological polar surface area (TPSA) is 21.3 Å². The van der Waals surface area contributed by atoms with Crippen molar-refractivity contribution in [3.05, 3.63) is 28.8 Å². The SMILES string of the molecule is CCNCc1c(Cl)cccc1OCC(C)CC. The first kappa shape index (κ1) is 14.3. The fraction of sp³-hybridized carbons (Fsp3) is 0.571. The van der Waals surface area contributed by atoms with Crippen LogP contribution in [0.25, 0.3) is 0 Å². The Bertz CT molecular complexity index is 341. The summed E-state index contributed by atoms with van der Waals surface area (Å²) in [6, 6.07) is 5.83. The van der Waals surface area contributed by atoms with Crippen LogP contribution in [-0.2, 0) is 6.54 Å². The van der Waals surface area contributed by atoms with Crippen molar-refractivity contribution in [2.24, 2.45) is 5.92 Å². The van der Waals surface area contributed by atoms with Crippen LogP contribution in [0.5, 0.6) is 5.75 Å². The Hall–Kier alpha value is -0.730. The van der Waals surface area contributed by atoms with E-state index >= 15 is 0 Å². The minimum Gasteiger partial charge on any atom is -0.493 e. The number of rotatable bonds is 7. The quantitative estimate of drug-likeness (QED) is 0.799. The van der Waals surface area contributed by atoms with Gasteiger partial charge in [0, 0.05) is 17.1 Å². The maximum absolute atomic E-state index is 6.19. The van der Waals surface area contributed by atoms with Crippen LogP contribution in [0.1, 0.15) is 32.8 Å². The smallest absolute Gasteiger partial charge is 0.125 e. The third kappa shape index (κ3) is 4.57. The molecule has 1 unspecified atom stereocenters. The fourth-order valence-corrected chi connectivity index (χ4v) is 1.68. The molecule has 1 aromatic rings. The number of hydrogen-bond acceptors (Lipinski definition) is 2. The summed E-state index contributed by atoms with van der Waals surface area (Å²) in [5.74, 6) is 1.47. The van der Waals surface area contributed by atoms with E-state index in [0.717, 1.165) is 42.5 Å². The Balaban J connectivity index is 2.72. The largest absolute Gasteiger partial charge is 0.493 e. The third-order valence-corrected chi connectivity index (χ3v) is 3.20. The summed E-state index contributed by atoms with van der Waals surface area (Å²) in [4.78, 5) is 0. The molecule has 0 aliphatic rings. The molecular formula is C14H22ClNO. The first-order valence-electron chi connectivity index (χ1n) is 6.29. The van der Waals surface area contributed by atoms with Crippen molar-refractivity contribution < 1.29 is 4.74 Å². The molecule has 0 aliphatic carbocycles. The lowest BCUT2D eigenvalue weighted by Crippen LogP contribution is -2.14. The molecule has 1 N–H and O–H groups in total. The van der Waals surface area contributed by atoms with Crippen LogP contribution in [0, 0.1) is 5.92 Å². The predicted molar refractivity (Wildman–Crippen MR) is 73.8 cm³/mol. The molecule has 0 aromatic heterocycles. The van der Waals surface area contributed by atoms with Gasteiger partial charge >= 0.3 is 0 Å². The Kier molecular flexibility index (Phi) is 6.38. The summed E-state index contributed by atoms with van der Waals surface area (Å²) in [6.07, 6.45) is 1.13. The summed E-state index contributed by atoms with van der Waals surface area (Å²) in [6.45, 7) is 8.87. The molecule has 0 amide bonds. The van der Waals surface area contributed by atoms with Gasteiger partial charge in [0.15, 0.2) is 0 Å². The van der Waals surface area contributed by atoms with Crippen molar-refractivity contribution in [1.82, 2.24) is 5.32 Å². The molecular weight excluding hydrogens is 234 g/mol. The fourth-order valence-electron chi connectivity index (χ4n) is 1.45. The molecule has 2 nitrogen and oxygen atoms in total. The van der Waals surface area contributed by atoms with Gasteiger partial charge in [-0.15, -0.1) is 0 Å². The van der Waals surface area contributed by atoms with Crippen LogP contribution in [0.15, 0.2) is 18.2 Å². The summed E-state index contributed by atoms with van der Waals surface area (Å²) in [5.41, 5.74) is 1.05. The van der Waals surface area contributed by atoms with Crippen molar-refractivity contribution in [3.8, 4) is 5.75 Å².